The van der Waals surface area contributed by atoms with Gasteiger partial charge in [-0.25, -0.2) is 0 Å². The quantitative estimate of drug-likeness (QED) is 0.634. The number of nitrogens with one attached hydrogen (secondary N) is 1. The summed E-state index contributed by atoms with van der Waals surface area (Å²) in [6.07, 6.45) is 0. The Morgan fingerprint density at radius 3 is 2.50 bits per heavy atom. The largest absolute Gasteiger partial charge is 0.309 e. The second-order valence-corrected chi connectivity index (χ2v) is 6.75. The minimum atomic E-state index is 0.159. The Morgan fingerprint density at radius 2 is 1.85 bits per heavy atom. The van der Waals surface area contributed by atoms with Crippen molar-refractivity contribution in [3.63, 3.8) is 0 Å². The van der Waals surface area contributed by atoms with Crippen molar-refractivity contribution in [1.82, 2.24) is 5.32 Å². The summed E-state index contributed by atoms with van der Waals surface area (Å²) in [6.45, 7) is 0. The van der Waals surface area contributed by atoms with Crippen molar-refractivity contribution in [2.75, 3.05) is 7.05 Å². The molecule has 1 aromatic heterocycles. The fraction of sp³-hybridized carbons (Fsp3) is 0.125. The standard InChI is InChI=1S/C16H13BrClNS/c1-19-15(16-13(17)8-9-20-16)12-6-7-14(18)11-5-3-2-4-10(11)12/h2-9,15,19H,1H3. The van der Waals surface area contributed by atoms with Crippen molar-refractivity contribution in [2.45, 2.75) is 6.04 Å². The number of thiophene rings is 1. The normalized spacial score (nSPS) is 12.8. The van der Waals surface area contributed by atoms with E-state index in [1.165, 1.54) is 15.8 Å². The maximum atomic E-state index is 6.31. The maximum Gasteiger partial charge on any atom is 0.0686 e. The summed E-state index contributed by atoms with van der Waals surface area (Å²) < 4.78 is 1.14. The van der Waals surface area contributed by atoms with Gasteiger partial charge < -0.3 is 5.32 Å². The number of rotatable bonds is 3. The van der Waals surface area contributed by atoms with Gasteiger partial charge in [-0.1, -0.05) is 41.9 Å². The molecule has 1 nitrogen and oxygen atoms in total. The molecular weight excluding hydrogens is 354 g/mol. The molecule has 0 fully saturated rings. The topological polar surface area (TPSA) is 12.0 Å². The van der Waals surface area contributed by atoms with Crippen LogP contribution < -0.4 is 5.32 Å². The molecule has 1 N–H and O–H groups in total. The molecule has 0 saturated heterocycles. The summed E-state index contributed by atoms with van der Waals surface area (Å²) in [5, 5.41) is 8.60. The van der Waals surface area contributed by atoms with Gasteiger partial charge in [-0.2, -0.15) is 0 Å². The van der Waals surface area contributed by atoms with E-state index in [-0.39, 0.29) is 6.04 Å². The molecule has 0 spiro atoms. The first-order chi connectivity index (χ1) is 9.72. The zero-order valence-corrected chi connectivity index (χ0v) is 14.0. The summed E-state index contributed by atoms with van der Waals surface area (Å²) in [7, 11) is 1.99. The summed E-state index contributed by atoms with van der Waals surface area (Å²) in [6, 6.07) is 14.6. The SMILES string of the molecule is CNC(c1sccc1Br)c1ccc(Cl)c2ccccc12. The van der Waals surface area contributed by atoms with Gasteiger partial charge >= 0.3 is 0 Å². The van der Waals surface area contributed by atoms with Gasteiger partial charge in [-0.15, -0.1) is 11.3 Å². The van der Waals surface area contributed by atoms with Gasteiger partial charge in [0.2, 0.25) is 0 Å². The van der Waals surface area contributed by atoms with Crippen LogP contribution in [0.3, 0.4) is 0 Å². The molecule has 1 atom stereocenters. The Hall–Kier alpha value is -0.870. The van der Waals surface area contributed by atoms with E-state index in [2.05, 4.69) is 57.0 Å². The zero-order chi connectivity index (χ0) is 14.1. The first-order valence-electron chi connectivity index (χ1n) is 6.29. The molecule has 2 aromatic carbocycles. The van der Waals surface area contributed by atoms with E-state index in [4.69, 9.17) is 11.6 Å². The van der Waals surface area contributed by atoms with Crippen LogP contribution in [0, 0.1) is 0 Å². The molecule has 0 amide bonds. The summed E-state index contributed by atoms with van der Waals surface area (Å²) in [5.41, 5.74) is 1.25. The minimum absolute atomic E-state index is 0.159. The molecule has 1 unspecified atom stereocenters. The summed E-state index contributed by atoms with van der Waals surface area (Å²) in [5.74, 6) is 0. The Balaban J connectivity index is 2.23. The Kier molecular flexibility index (Phi) is 4.13. The Morgan fingerprint density at radius 1 is 1.10 bits per heavy atom. The lowest BCUT2D eigenvalue weighted by molar-refractivity contribution is 0.706. The van der Waals surface area contributed by atoms with E-state index >= 15 is 0 Å². The van der Waals surface area contributed by atoms with Crippen LogP contribution >= 0.6 is 38.9 Å². The van der Waals surface area contributed by atoms with E-state index < -0.39 is 0 Å². The fourth-order valence-corrected chi connectivity index (χ4v) is 4.43. The molecule has 3 rings (SSSR count). The van der Waals surface area contributed by atoms with Gasteiger partial charge in [0.05, 0.1) is 6.04 Å². The molecule has 0 aliphatic rings. The van der Waals surface area contributed by atoms with Crippen LogP contribution in [0.4, 0.5) is 0 Å². The molecule has 0 saturated carbocycles. The molecular formula is C16H13BrClNS. The average Bonchev–Trinajstić information content (AvgIpc) is 2.89. The lowest BCUT2D eigenvalue weighted by Gasteiger charge is -2.18. The highest BCUT2D eigenvalue weighted by Crippen LogP contribution is 2.37. The lowest BCUT2D eigenvalue weighted by atomic mass is 9.98. The second kappa shape index (κ2) is 5.86. The summed E-state index contributed by atoms with van der Waals surface area (Å²) >= 11 is 11.7. The van der Waals surface area contributed by atoms with Crippen LogP contribution in [0.5, 0.6) is 0 Å². The Labute approximate surface area is 135 Å². The van der Waals surface area contributed by atoms with E-state index in [1.807, 2.05) is 19.2 Å². The van der Waals surface area contributed by atoms with Gasteiger partial charge in [-0.05, 0) is 51.4 Å². The fourth-order valence-electron chi connectivity index (χ4n) is 2.48. The molecule has 1 heterocycles. The molecule has 4 heteroatoms. The first-order valence-corrected chi connectivity index (χ1v) is 8.34. The molecule has 0 aliphatic carbocycles. The monoisotopic (exact) mass is 365 g/mol. The number of benzene rings is 2. The van der Waals surface area contributed by atoms with Crippen LogP contribution in [-0.4, -0.2) is 7.05 Å². The van der Waals surface area contributed by atoms with Gasteiger partial charge in [0.1, 0.15) is 0 Å². The van der Waals surface area contributed by atoms with Gasteiger partial charge in [0.25, 0.3) is 0 Å². The van der Waals surface area contributed by atoms with Crippen molar-refractivity contribution in [1.29, 1.82) is 0 Å². The van der Waals surface area contributed by atoms with Gasteiger partial charge in [0, 0.05) is 19.8 Å². The third kappa shape index (κ3) is 2.40. The van der Waals surface area contributed by atoms with Crippen molar-refractivity contribution >= 4 is 49.6 Å². The number of hydrogen-bond donors (Lipinski definition) is 1. The van der Waals surface area contributed by atoms with E-state index in [1.54, 1.807) is 11.3 Å². The van der Waals surface area contributed by atoms with Crippen LogP contribution in [0.25, 0.3) is 10.8 Å². The van der Waals surface area contributed by atoms with Crippen LogP contribution in [0.1, 0.15) is 16.5 Å². The minimum Gasteiger partial charge on any atom is -0.309 e. The molecule has 102 valence electrons. The third-order valence-corrected chi connectivity index (χ3v) is 5.68. The van der Waals surface area contributed by atoms with E-state index in [9.17, 15) is 0 Å². The molecule has 20 heavy (non-hydrogen) atoms. The van der Waals surface area contributed by atoms with Crippen molar-refractivity contribution in [3.8, 4) is 0 Å². The second-order valence-electron chi connectivity index (χ2n) is 4.54. The van der Waals surface area contributed by atoms with E-state index in [0.29, 0.717) is 0 Å². The lowest BCUT2D eigenvalue weighted by Crippen LogP contribution is -2.17. The average molecular weight is 367 g/mol. The predicted molar refractivity (Wildman–Crippen MR) is 91.9 cm³/mol. The maximum absolute atomic E-state index is 6.31. The third-order valence-electron chi connectivity index (χ3n) is 3.41. The highest BCUT2D eigenvalue weighted by molar-refractivity contribution is 9.10. The zero-order valence-electron chi connectivity index (χ0n) is 10.9. The van der Waals surface area contributed by atoms with Crippen LogP contribution in [0.2, 0.25) is 5.02 Å². The molecule has 0 radical (unpaired) electrons. The number of hydrogen-bond acceptors (Lipinski definition) is 2. The summed E-state index contributed by atoms with van der Waals surface area (Å²) in [4.78, 5) is 1.28. The molecule has 3 aromatic rings. The van der Waals surface area contributed by atoms with Crippen molar-refractivity contribution in [3.05, 3.63) is 67.8 Å². The smallest absolute Gasteiger partial charge is 0.0686 e. The number of fused-ring (bicyclic) bond motifs is 1. The van der Waals surface area contributed by atoms with Crippen LogP contribution in [-0.2, 0) is 0 Å². The van der Waals surface area contributed by atoms with Crippen molar-refractivity contribution in [2.24, 2.45) is 0 Å². The van der Waals surface area contributed by atoms with Gasteiger partial charge in [-0.3, -0.25) is 0 Å². The highest BCUT2D eigenvalue weighted by atomic mass is 79.9. The van der Waals surface area contributed by atoms with Crippen molar-refractivity contribution < 1.29 is 0 Å². The van der Waals surface area contributed by atoms with Crippen LogP contribution in [0.15, 0.2) is 52.3 Å². The molecule has 0 bridgehead atoms. The first kappa shape index (κ1) is 14.1. The molecule has 0 aliphatic heterocycles. The van der Waals surface area contributed by atoms with E-state index in [0.717, 1.165) is 14.9 Å². The van der Waals surface area contributed by atoms with Gasteiger partial charge in [0.15, 0.2) is 0 Å². The predicted octanol–water partition coefficient (Wildman–Crippen LogP) is 5.63. The highest BCUT2D eigenvalue weighted by Gasteiger charge is 2.19. The number of halogens is 2. The Bertz CT molecular complexity index is 753.